The van der Waals surface area contributed by atoms with Crippen molar-refractivity contribution in [3.63, 3.8) is 0 Å². The molecule has 88 valence electrons. The minimum atomic E-state index is -0.747. The van der Waals surface area contributed by atoms with Crippen LogP contribution >= 0.6 is 0 Å². The topological polar surface area (TPSA) is 78.3 Å². The second-order valence-electron chi connectivity index (χ2n) is 3.86. The molecule has 0 spiro atoms. The van der Waals surface area contributed by atoms with Gasteiger partial charge in [-0.3, -0.25) is 0 Å². The summed E-state index contributed by atoms with van der Waals surface area (Å²) in [5.41, 5.74) is 13.0. The van der Waals surface area contributed by atoms with Gasteiger partial charge in [-0.05, 0) is 31.0 Å². The third kappa shape index (κ3) is 3.90. The Balaban J connectivity index is 2.56. The van der Waals surface area contributed by atoms with Gasteiger partial charge in [-0.15, -0.1) is 0 Å². The average Bonchev–Trinajstić information content (AvgIpc) is 2.26. The number of rotatable bonds is 5. The Morgan fingerprint density at radius 3 is 2.69 bits per heavy atom. The quantitative estimate of drug-likeness (QED) is 0.786. The SMILES string of the molecule is Cc1ccccc1CC(CN)COC(N)=O. The summed E-state index contributed by atoms with van der Waals surface area (Å²) in [5.74, 6) is 0.119. The molecule has 1 amide bonds. The van der Waals surface area contributed by atoms with Crippen LogP contribution in [0.5, 0.6) is 0 Å². The summed E-state index contributed by atoms with van der Waals surface area (Å²) in [6, 6.07) is 8.10. The highest BCUT2D eigenvalue weighted by Gasteiger charge is 2.11. The molecule has 1 aromatic carbocycles. The molecule has 4 nitrogen and oxygen atoms in total. The van der Waals surface area contributed by atoms with Crippen LogP contribution < -0.4 is 11.5 Å². The molecule has 4 heteroatoms. The first kappa shape index (κ1) is 12.5. The Morgan fingerprint density at radius 2 is 2.12 bits per heavy atom. The Bertz CT molecular complexity index is 353. The molecule has 0 aliphatic rings. The van der Waals surface area contributed by atoms with Gasteiger partial charge in [-0.2, -0.15) is 0 Å². The van der Waals surface area contributed by atoms with Gasteiger partial charge >= 0.3 is 6.09 Å². The van der Waals surface area contributed by atoms with Crippen LogP contribution in [0.1, 0.15) is 11.1 Å². The van der Waals surface area contributed by atoms with Crippen LogP contribution in [-0.4, -0.2) is 19.2 Å². The summed E-state index contributed by atoms with van der Waals surface area (Å²) >= 11 is 0. The van der Waals surface area contributed by atoms with E-state index in [1.165, 1.54) is 11.1 Å². The first-order chi connectivity index (χ1) is 7.63. The zero-order valence-corrected chi connectivity index (χ0v) is 9.48. The molecule has 0 fully saturated rings. The first-order valence-corrected chi connectivity index (χ1v) is 5.30. The number of aryl methyl sites for hydroxylation is 1. The van der Waals surface area contributed by atoms with Crippen molar-refractivity contribution in [3.8, 4) is 0 Å². The molecule has 0 bridgehead atoms. The fourth-order valence-corrected chi connectivity index (χ4v) is 1.56. The van der Waals surface area contributed by atoms with Crippen molar-refractivity contribution in [1.29, 1.82) is 0 Å². The van der Waals surface area contributed by atoms with E-state index in [0.717, 1.165) is 6.42 Å². The van der Waals surface area contributed by atoms with E-state index in [1.54, 1.807) is 0 Å². The van der Waals surface area contributed by atoms with Crippen LogP contribution in [0.2, 0.25) is 0 Å². The largest absolute Gasteiger partial charge is 0.449 e. The fourth-order valence-electron chi connectivity index (χ4n) is 1.56. The first-order valence-electron chi connectivity index (χ1n) is 5.30. The molecule has 1 unspecified atom stereocenters. The molecular formula is C12H18N2O2. The van der Waals surface area contributed by atoms with Crippen LogP contribution in [-0.2, 0) is 11.2 Å². The Morgan fingerprint density at radius 1 is 1.44 bits per heavy atom. The maximum atomic E-state index is 10.5. The molecule has 0 saturated carbocycles. The number of amides is 1. The summed E-state index contributed by atoms with van der Waals surface area (Å²) < 4.78 is 4.77. The number of ether oxygens (including phenoxy) is 1. The predicted octanol–water partition coefficient (Wildman–Crippen LogP) is 1.21. The van der Waals surface area contributed by atoms with Gasteiger partial charge in [0, 0.05) is 5.92 Å². The maximum absolute atomic E-state index is 10.5. The van der Waals surface area contributed by atoms with Gasteiger partial charge in [0.15, 0.2) is 0 Å². The van der Waals surface area contributed by atoms with Crippen LogP contribution in [0.15, 0.2) is 24.3 Å². The van der Waals surface area contributed by atoms with Crippen molar-refractivity contribution < 1.29 is 9.53 Å². The van der Waals surface area contributed by atoms with E-state index in [0.29, 0.717) is 6.54 Å². The number of primary amides is 1. The number of benzene rings is 1. The van der Waals surface area contributed by atoms with Crippen molar-refractivity contribution >= 4 is 6.09 Å². The van der Waals surface area contributed by atoms with Crippen molar-refractivity contribution in [3.05, 3.63) is 35.4 Å². The van der Waals surface area contributed by atoms with E-state index in [4.69, 9.17) is 16.2 Å². The second-order valence-corrected chi connectivity index (χ2v) is 3.86. The number of hydrogen-bond acceptors (Lipinski definition) is 3. The van der Waals surface area contributed by atoms with Gasteiger partial charge in [0.1, 0.15) is 0 Å². The molecule has 0 aromatic heterocycles. The summed E-state index contributed by atoms with van der Waals surface area (Å²) in [7, 11) is 0. The van der Waals surface area contributed by atoms with E-state index >= 15 is 0 Å². The smallest absolute Gasteiger partial charge is 0.404 e. The average molecular weight is 222 g/mol. The summed E-state index contributed by atoms with van der Waals surface area (Å²) in [4.78, 5) is 10.5. The minimum absolute atomic E-state index is 0.119. The lowest BCUT2D eigenvalue weighted by Crippen LogP contribution is -2.26. The molecule has 1 aromatic rings. The van der Waals surface area contributed by atoms with Crippen molar-refractivity contribution in [2.75, 3.05) is 13.2 Å². The van der Waals surface area contributed by atoms with Gasteiger partial charge in [-0.25, -0.2) is 4.79 Å². The highest BCUT2D eigenvalue weighted by molar-refractivity contribution is 5.64. The third-order valence-corrected chi connectivity index (χ3v) is 2.56. The zero-order valence-electron chi connectivity index (χ0n) is 9.48. The van der Waals surface area contributed by atoms with Gasteiger partial charge in [0.05, 0.1) is 6.61 Å². The third-order valence-electron chi connectivity index (χ3n) is 2.56. The van der Waals surface area contributed by atoms with E-state index in [9.17, 15) is 4.79 Å². The Hall–Kier alpha value is -1.55. The highest BCUT2D eigenvalue weighted by Crippen LogP contribution is 2.13. The van der Waals surface area contributed by atoms with Crippen LogP contribution in [0.3, 0.4) is 0 Å². The normalized spacial score (nSPS) is 12.1. The molecule has 0 heterocycles. The summed E-state index contributed by atoms with van der Waals surface area (Å²) in [6.45, 7) is 2.81. The van der Waals surface area contributed by atoms with Crippen molar-refractivity contribution in [2.45, 2.75) is 13.3 Å². The van der Waals surface area contributed by atoms with Crippen LogP contribution in [0.4, 0.5) is 4.79 Å². The van der Waals surface area contributed by atoms with Crippen LogP contribution in [0, 0.1) is 12.8 Å². The lowest BCUT2D eigenvalue weighted by Gasteiger charge is -2.15. The van der Waals surface area contributed by atoms with E-state index in [1.807, 2.05) is 12.1 Å². The molecule has 0 aliphatic carbocycles. The second kappa shape index (κ2) is 6.12. The van der Waals surface area contributed by atoms with Gasteiger partial charge in [0.2, 0.25) is 0 Å². The lowest BCUT2D eigenvalue weighted by molar-refractivity contribution is 0.137. The molecule has 1 rings (SSSR count). The zero-order chi connectivity index (χ0) is 12.0. The van der Waals surface area contributed by atoms with E-state index < -0.39 is 6.09 Å². The number of carbonyl (C=O) groups is 1. The molecule has 0 radical (unpaired) electrons. The van der Waals surface area contributed by atoms with Crippen LogP contribution in [0.25, 0.3) is 0 Å². The fraction of sp³-hybridized carbons (Fsp3) is 0.417. The van der Waals surface area contributed by atoms with Gasteiger partial charge in [-0.1, -0.05) is 24.3 Å². The van der Waals surface area contributed by atoms with Gasteiger partial charge in [0.25, 0.3) is 0 Å². The number of carbonyl (C=O) groups excluding carboxylic acids is 1. The Labute approximate surface area is 95.6 Å². The van der Waals surface area contributed by atoms with Crippen molar-refractivity contribution in [1.82, 2.24) is 0 Å². The number of hydrogen-bond donors (Lipinski definition) is 2. The molecule has 4 N–H and O–H groups in total. The van der Waals surface area contributed by atoms with Crippen molar-refractivity contribution in [2.24, 2.45) is 17.4 Å². The minimum Gasteiger partial charge on any atom is -0.449 e. The van der Waals surface area contributed by atoms with E-state index in [-0.39, 0.29) is 12.5 Å². The molecule has 0 saturated heterocycles. The molecular weight excluding hydrogens is 204 g/mol. The van der Waals surface area contributed by atoms with Gasteiger partial charge < -0.3 is 16.2 Å². The lowest BCUT2D eigenvalue weighted by atomic mass is 9.97. The predicted molar refractivity (Wildman–Crippen MR) is 63.0 cm³/mol. The number of nitrogens with two attached hydrogens (primary N) is 2. The molecule has 1 atom stereocenters. The van der Waals surface area contributed by atoms with E-state index in [2.05, 4.69) is 19.1 Å². The Kier molecular flexibility index (Phi) is 4.79. The highest BCUT2D eigenvalue weighted by atomic mass is 16.5. The molecule has 16 heavy (non-hydrogen) atoms. The summed E-state index contributed by atoms with van der Waals surface area (Å²) in [6.07, 6.45) is 0.0550. The summed E-state index contributed by atoms with van der Waals surface area (Å²) in [5, 5.41) is 0. The standard InChI is InChI=1S/C12H18N2O2/c1-9-4-2-3-5-11(9)6-10(7-13)8-16-12(14)15/h2-5,10H,6-8,13H2,1H3,(H2,14,15). The monoisotopic (exact) mass is 222 g/mol. The molecule has 0 aliphatic heterocycles. The maximum Gasteiger partial charge on any atom is 0.404 e.